The molecular weight excluding hydrogens is 362 g/mol. The first kappa shape index (κ1) is 13.9. The molecule has 7 heteroatoms. The molecule has 0 saturated heterocycles. The standard InChI is InChI=1S/C13H11BrClN3OS/c14-8-1-2-10-11(5-8)18(12(17-10)3-4-15)6-9-7-20-13(19)16-9/h1-2,5,7H,3-4,6H2,(H,16,19). The van der Waals surface area contributed by atoms with Crippen molar-refractivity contribution in [2.45, 2.75) is 13.0 Å². The van der Waals surface area contributed by atoms with Gasteiger partial charge in [-0.15, -0.1) is 11.6 Å². The van der Waals surface area contributed by atoms with Crippen molar-refractivity contribution in [2.75, 3.05) is 5.88 Å². The van der Waals surface area contributed by atoms with Crippen LogP contribution in [0, 0.1) is 0 Å². The summed E-state index contributed by atoms with van der Waals surface area (Å²) in [6, 6.07) is 5.98. The maximum absolute atomic E-state index is 11.3. The molecule has 2 aromatic heterocycles. The second-order valence-electron chi connectivity index (χ2n) is 4.36. The Kier molecular flexibility index (Phi) is 3.96. The number of nitrogens with zero attached hydrogens (tertiary/aromatic N) is 2. The number of halogens is 2. The summed E-state index contributed by atoms with van der Waals surface area (Å²) >= 11 is 10.5. The summed E-state index contributed by atoms with van der Waals surface area (Å²) < 4.78 is 3.10. The van der Waals surface area contributed by atoms with Gasteiger partial charge >= 0.3 is 4.87 Å². The van der Waals surface area contributed by atoms with Gasteiger partial charge in [-0.05, 0) is 18.2 Å². The predicted molar refractivity (Wildman–Crippen MR) is 85.9 cm³/mol. The molecule has 0 aliphatic carbocycles. The second-order valence-corrected chi connectivity index (χ2v) is 6.50. The molecule has 1 aromatic carbocycles. The lowest BCUT2D eigenvalue weighted by molar-refractivity contribution is 0.740. The van der Waals surface area contributed by atoms with E-state index in [4.69, 9.17) is 11.6 Å². The molecule has 0 radical (unpaired) electrons. The van der Waals surface area contributed by atoms with E-state index in [0.717, 1.165) is 27.0 Å². The zero-order chi connectivity index (χ0) is 14.1. The number of aryl methyl sites for hydroxylation is 1. The molecule has 0 atom stereocenters. The van der Waals surface area contributed by atoms with Crippen molar-refractivity contribution in [2.24, 2.45) is 0 Å². The van der Waals surface area contributed by atoms with Gasteiger partial charge in [0.05, 0.1) is 17.6 Å². The van der Waals surface area contributed by atoms with E-state index < -0.39 is 0 Å². The normalized spacial score (nSPS) is 11.3. The summed E-state index contributed by atoms with van der Waals surface area (Å²) in [4.78, 5) is 18.7. The summed E-state index contributed by atoms with van der Waals surface area (Å²) in [5, 5.41) is 1.84. The monoisotopic (exact) mass is 371 g/mol. The molecule has 3 aromatic rings. The van der Waals surface area contributed by atoms with E-state index in [9.17, 15) is 4.79 Å². The van der Waals surface area contributed by atoms with Crippen molar-refractivity contribution in [3.63, 3.8) is 0 Å². The van der Waals surface area contributed by atoms with Gasteiger partial charge in [-0.25, -0.2) is 4.98 Å². The SMILES string of the molecule is O=c1[nH]c(Cn2c(CCCl)nc3ccc(Br)cc32)cs1. The highest BCUT2D eigenvalue weighted by atomic mass is 79.9. The van der Waals surface area contributed by atoms with Crippen molar-refractivity contribution < 1.29 is 0 Å². The molecule has 0 aliphatic rings. The van der Waals surface area contributed by atoms with E-state index in [1.165, 1.54) is 11.3 Å². The van der Waals surface area contributed by atoms with Gasteiger partial charge in [0.25, 0.3) is 0 Å². The van der Waals surface area contributed by atoms with Gasteiger partial charge in [-0.1, -0.05) is 27.3 Å². The number of hydrogen-bond acceptors (Lipinski definition) is 3. The van der Waals surface area contributed by atoms with Gasteiger partial charge < -0.3 is 9.55 Å². The number of H-pyrrole nitrogens is 1. The molecule has 0 fully saturated rings. The van der Waals surface area contributed by atoms with Crippen molar-refractivity contribution in [3.8, 4) is 0 Å². The van der Waals surface area contributed by atoms with Gasteiger partial charge in [0.2, 0.25) is 0 Å². The minimum absolute atomic E-state index is 0.0375. The quantitative estimate of drug-likeness (QED) is 0.714. The lowest BCUT2D eigenvalue weighted by Crippen LogP contribution is -2.07. The third-order valence-corrected chi connectivity index (χ3v) is 4.41. The van der Waals surface area contributed by atoms with Gasteiger partial charge in [0.15, 0.2) is 0 Å². The Balaban J connectivity index is 2.12. The first-order valence-corrected chi connectivity index (χ1v) is 8.25. The third kappa shape index (κ3) is 2.68. The van der Waals surface area contributed by atoms with Gasteiger partial charge in [-0.2, -0.15) is 0 Å². The van der Waals surface area contributed by atoms with Crippen LogP contribution in [0.15, 0.2) is 32.8 Å². The zero-order valence-electron chi connectivity index (χ0n) is 10.4. The van der Waals surface area contributed by atoms with Gasteiger partial charge in [0, 0.05) is 27.8 Å². The molecule has 0 saturated carbocycles. The van der Waals surface area contributed by atoms with Crippen molar-refractivity contribution >= 4 is 49.9 Å². The Morgan fingerprint density at radius 3 is 3.00 bits per heavy atom. The Morgan fingerprint density at radius 2 is 2.30 bits per heavy atom. The lowest BCUT2D eigenvalue weighted by atomic mass is 10.3. The first-order chi connectivity index (χ1) is 9.67. The largest absolute Gasteiger partial charge is 0.322 e. The maximum Gasteiger partial charge on any atom is 0.304 e. The Labute approximate surface area is 132 Å². The fourth-order valence-corrected chi connectivity index (χ4v) is 3.25. The van der Waals surface area contributed by atoms with Crippen LogP contribution in [0.4, 0.5) is 0 Å². The Bertz CT molecular complexity index is 807. The third-order valence-electron chi connectivity index (χ3n) is 3.01. The van der Waals surface area contributed by atoms with Crippen LogP contribution >= 0.6 is 38.9 Å². The molecule has 1 N–H and O–H groups in total. The van der Waals surface area contributed by atoms with Crippen LogP contribution in [0.25, 0.3) is 11.0 Å². The average molecular weight is 373 g/mol. The molecular formula is C13H11BrClN3OS. The van der Waals surface area contributed by atoms with Crippen LogP contribution in [0.2, 0.25) is 0 Å². The van der Waals surface area contributed by atoms with E-state index in [-0.39, 0.29) is 4.87 Å². The highest BCUT2D eigenvalue weighted by Gasteiger charge is 2.12. The molecule has 20 heavy (non-hydrogen) atoms. The van der Waals surface area contributed by atoms with Crippen molar-refractivity contribution in [1.82, 2.24) is 14.5 Å². The minimum Gasteiger partial charge on any atom is -0.322 e. The molecule has 0 aliphatic heterocycles. The van der Waals surface area contributed by atoms with Crippen LogP contribution in [0.5, 0.6) is 0 Å². The molecule has 104 valence electrons. The summed E-state index contributed by atoms with van der Waals surface area (Å²) in [6.07, 6.45) is 0.697. The fraction of sp³-hybridized carbons (Fsp3) is 0.231. The van der Waals surface area contributed by atoms with Crippen LogP contribution < -0.4 is 4.87 Å². The number of benzene rings is 1. The van der Waals surface area contributed by atoms with E-state index in [1.807, 2.05) is 23.6 Å². The zero-order valence-corrected chi connectivity index (χ0v) is 13.6. The summed E-state index contributed by atoms with van der Waals surface area (Å²) in [5.74, 6) is 1.45. The number of thiazole rings is 1. The molecule has 2 heterocycles. The van der Waals surface area contributed by atoms with Crippen LogP contribution in [-0.4, -0.2) is 20.4 Å². The summed E-state index contributed by atoms with van der Waals surface area (Å²) in [7, 11) is 0. The molecule has 0 spiro atoms. The van der Waals surface area contributed by atoms with Crippen LogP contribution in [-0.2, 0) is 13.0 Å². The molecule has 0 amide bonds. The number of hydrogen-bond donors (Lipinski definition) is 1. The Hall–Kier alpha value is -1.11. The fourth-order valence-electron chi connectivity index (χ4n) is 2.16. The molecule has 0 bridgehead atoms. The first-order valence-electron chi connectivity index (χ1n) is 6.04. The van der Waals surface area contributed by atoms with E-state index in [0.29, 0.717) is 18.8 Å². The van der Waals surface area contributed by atoms with E-state index in [1.54, 1.807) is 0 Å². The highest BCUT2D eigenvalue weighted by molar-refractivity contribution is 9.10. The Morgan fingerprint density at radius 1 is 1.45 bits per heavy atom. The topological polar surface area (TPSA) is 50.7 Å². The number of alkyl halides is 1. The van der Waals surface area contributed by atoms with Gasteiger partial charge in [-0.3, -0.25) is 4.79 Å². The van der Waals surface area contributed by atoms with E-state index in [2.05, 4.69) is 30.5 Å². The van der Waals surface area contributed by atoms with Crippen LogP contribution in [0.1, 0.15) is 11.5 Å². The number of imidazole rings is 1. The van der Waals surface area contributed by atoms with Crippen molar-refractivity contribution in [1.29, 1.82) is 0 Å². The predicted octanol–water partition coefficient (Wildman–Crippen LogP) is 3.38. The highest BCUT2D eigenvalue weighted by Crippen LogP contribution is 2.22. The van der Waals surface area contributed by atoms with Gasteiger partial charge in [0.1, 0.15) is 5.82 Å². The summed E-state index contributed by atoms with van der Waals surface area (Å²) in [5.41, 5.74) is 2.85. The number of aromatic amines is 1. The number of fused-ring (bicyclic) bond motifs is 1. The number of rotatable bonds is 4. The molecule has 0 unspecified atom stereocenters. The summed E-state index contributed by atoms with van der Waals surface area (Å²) in [6.45, 7) is 0.595. The second kappa shape index (κ2) is 5.71. The minimum atomic E-state index is -0.0375. The number of aromatic nitrogens is 3. The number of nitrogens with one attached hydrogen (secondary N) is 1. The van der Waals surface area contributed by atoms with E-state index >= 15 is 0 Å². The average Bonchev–Trinajstić information content (AvgIpc) is 2.96. The molecule has 3 rings (SSSR count). The molecule has 4 nitrogen and oxygen atoms in total. The van der Waals surface area contributed by atoms with Crippen LogP contribution in [0.3, 0.4) is 0 Å². The lowest BCUT2D eigenvalue weighted by Gasteiger charge is -2.07. The van der Waals surface area contributed by atoms with Crippen molar-refractivity contribution in [3.05, 3.63) is 49.2 Å². The smallest absolute Gasteiger partial charge is 0.304 e. The maximum atomic E-state index is 11.3.